The van der Waals surface area contributed by atoms with Gasteiger partial charge in [-0.05, 0) is 6.92 Å². The van der Waals surface area contributed by atoms with Crippen molar-refractivity contribution in [1.82, 2.24) is 20.4 Å². The number of nitrogens with two attached hydrogens (primary N) is 1. The minimum Gasteiger partial charge on any atom is -0.403 e. The van der Waals surface area contributed by atoms with Gasteiger partial charge in [-0.15, -0.1) is 5.10 Å². The first-order valence-electron chi connectivity index (χ1n) is 3.36. The molecule has 0 saturated heterocycles. The third-order valence-electron chi connectivity index (χ3n) is 1.50. The maximum Gasteiger partial charge on any atom is 0.313 e. The second-order valence-electron chi connectivity index (χ2n) is 2.35. The molecular formula is C6H7N5O. The van der Waals surface area contributed by atoms with E-state index in [1.165, 1.54) is 0 Å². The quantitative estimate of drug-likeness (QED) is 0.635. The molecule has 2 heterocycles. The predicted octanol–water partition coefficient (Wildman–Crippen LogP) is 0.350. The van der Waals surface area contributed by atoms with Gasteiger partial charge < -0.3 is 10.2 Å². The zero-order valence-corrected chi connectivity index (χ0v) is 6.40. The second-order valence-corrected chi connectivity index (χ2v) is 2.35. The average Bonchev–Trinajstić information content (AvgIpc) is 2.58. The van der Waals surface area contributed by atoms with E-state index in [4.69, 9.17) is 10.2 Å². The second kappa shape index (κ2) is 2.33. The third-order valence-corrected chi connectivity index (χ3v) is 1.50. The highest BCUT2D eigenvalue weighted by Crippen LogP contribution is 2.19. The number of nitrogens with zero attached hydrogens (tertiary/aromatic N) is 3. The maximum absolute atomic E-state index is 5.26. The summed E-state index contributed by atoms with van der Waals surface area (Å²) >= 11 is 0. The average molecular weight is 165 g/mol. The molecule has 0 bridgehead atoms. The van der Waals surface area contributed by atoms with E-state index in [1.54, 1.807) is 6.20 Å². The Bertz CT molecular complexity index is 390. The van der Waals surface area contributed by atoms with Gasteiger partial charge in [-0.25, -0.2) is 0 Å². The Morgan fingerprint density at radius 2 is 2.33 bits per heavy atom. The first-order valence-corrected chi connectivity index (χ1v) is 3.36. The summed E-state index contributed by atoms with van der Waals surface area (Å²) in [5.74, 6) is 0.388. The first-order chi connectivity index (χ1) is 5.77. The summed E-state index contributed by atoms with van der Waals surface area (Å²) < 4.78 is 5.00. The van der Waals surface area contributed by atoms with Crippen molar-refractivity contribution in [3.05, 3.63) is 11.9 Å². The van der Waals surface area contributed by atoms with E-state index >= 15 is 0 Å². The number of aromatic nitrogens is 4. The molecule has 0 spiro atoms. The van der Waals surface area contributed by atoms with Crippen LogP contribution >= 0.6 is 0 Å². The van der Waals surface area contributed by atoms with Crippen LogP contribution in [0.3, 0.4) is 0 Å². The molecule has 0 atom stereocenters. The summed E-state index contributed by atoms with van der Waals surface area (Å²) in [5.41, 5.74) is 6.91. The first kappa shape index (κ1) is 6.84. The van der Waals surface area contributed by atoms with Crippen LogP contribution in [-0.2, 0) is 0 Å². The van der Waals surface area contributed by atoms with Crippen molar-refractivity contribution in [2.24, 2.45) is 0 Å². The minimum absolute atomic E-state index is 0.0607. The SMILES string of the molecule is Cc1[nH]ncc1-c1nnc(N)o1. The number of aromatic amines is 1. The predicted molar refractivity (Wildman–Crippen MR) is 41.0 cm³/mol. The molecule has 0 saturated carbocycles. The van der Waals surface area contributed by atoms with Gasteiger partial charge in [0.25, 0.3) is 5.89 Å². The minimum atomic E-state index is 0.0607. The van der Waals surface area contributed by atoms with Gasteiger partial charge in [0.2, 0.25) is 0 Å². The molecule has 6 nitrogen and oxygen atoms in total. The van der Waals surface area contributed by atoms with Crippen molar-refractivity contribution < 1.29 is 4.42 Å². The summed E-state index contributed by atoms with van der Waals surface area (Å²) in [6, 6.07) is 0.0607. The lowest BCUT2D eigenvalue weighted by Crippen LogP contribution is -1.81. The Balaban J connectivity index is 2.50. The molecule has 0 aromatic carbocycles. The summed E-state index contributed by atoms with van der Waals surface area (Å²) in [7, 11) is 0. The molecule has 3 N–H and O–H groups in total. The van der Waals surface area contributed by atoms with Crippen LogP contribution in [-0.4, -0.2) is 20.4 Å². The molecule has 0 aliphatic carbocycles. The standard InChI is InChI=1S/C6H7N5O/c1-3-4(2-8-9-3)5-10-11-6(7)12-5/h2H,1H3,(H2,7,11)(H,8,9). The molecule has 6 heteroatoms. The van der Waals surface area contributed by atoms with Crippen LogP contribution in [0.2, 0.25) is 0 Å². The van der Waals surface area contributed by atoms with Crippen LogP contribution in [0, 0.1) is 6.92 Å². The van der Waals surface area contributed by atoms with Crippen molar-refractivity contribution in [2.75, 3.05) is 5.73 Å². The van der Waals surface area contributed by atoms with E-state index in [0.29, 0.717) is 5.89 Å². The van der Waals surface area contributed by atoms with Crippen LogP contribution in [0.15, 0.2) is 10.6 Å². The van der Waals surface area contributed by atoms with Crippen LogP contribution in [0.1, 0.15) is 5.69 Å². The Hall–Kier alpha value is -1.85. The summed E-state index contributed by atoms with van der Waals surface area (Å²) in [5, 5.41) is 13.8. The van der Waals surface area contributed by atoms with Gasteiger partial charge in [0.15, 0.2) is 0 Å². The maximum atomic E-state index is 5.26. The largest absolute Gasteiger partial charge is 0.403 e. The molecule has 0 aliphatic heterocycles. The van der Waals surface area contributed by atoms with Crippen molar-refractivity contribution in [3.63, 3.8) is 0 Å². The Kier molecular flexibility index (Phi) is 1.33. The molecule has 0 fully saturated rings. The zero-order chi connectivity index (χ0) is 8.55. The molecule has 0 aliphatic rings. The lowest BCUT2D eigenvalue weighted by Gasteiger charge is -1.87. The lowest BCUT2D eigenvalue weighted by molar-refractivity contribution is 0.590. The number of H-pyrrole nitrogens is 1. The number of nitrogens with one attached hydrogen (secondary N) is 1. The van der Waals surface area contributed by atoms with E-state index in [1.807, 2.05) is 6.92 Å². The van der Waals surface area contributed by atoms with Crippen molar-refractivity contribution >= 4 is 6.01 Å². The lowest BCUT2D eigenvalue weighted by atomic mass is 10.3. The highest BCUT2D eigenvalue weighted by atomic mass is 16.4. The molecule has 2 rings (SSSR count). The van der Waals surface area contributed by atoms with Gasteiger partial charge in [0, 0.05) is 5.69 Å². The molecule has 62 valence electrons. The monoisotopic (exact) mass is 165 g/mol. The van der Waals surface area contributed by atoms with Gasteiger partial charge in [0.05, 0.1) is 11.8 Å². The summed E-state index contributed by atoms with van der Waals surface area (Å²) in [6.45, 7) is 1.86. The summed E-state index contributed by atoms with van der Waals surface area (Å²) in [6.07, 6.45) is 1.61. The van der Waals surface area contributed by atoms with Crippen LogP contribution in [0.5, 0.6) is 0 Å². The smallest absolute Gasteiger partial charge is 0.313 e. The van der Waals surface area contributed by atoms with Crippen molar-refractivity contribution in [3.8, 4) is 11.5 Å². The topological polar surface area (TPSA) is 93.6 Å². The molecule has 2 aromatic heterocycles. The molecule has 2 aromatic rings. The Morgan fingerprint density at radius 3 is 2.83 bits per heavy atom. The number of hydrogen-bond acceptors (Lipinski definition) is 5. The van der Waals surface area contributed by atoms with Gasteiger partial charge >= 0.3 is 6.01 Å². The Morgan fingerprint density at radius 1 is 1.50 bits per heavy atom. The van der Waals surface area contributed by atoms with E-state index in [-0.39, 0.29) is 6.01 Å². The van der Waals surface area contributed by atoms with Gasteiger partial charge in [0.1, 0.15) is 0 Å². The molecule has 0 unspecified atom stereocenters. The van der Waals surface area contributed by atoms with Crippen molar-refractivity contribution in [2.45, 2.75) is 6.92 Å². The van der Waals surface area contributed by atoms with Gasteiger partial charge in [-0.1, -0.05) is 5.10 Å². The summed E-state index contributed by atoms with van der Waals surface area (Å²) in [4.78, 5) is 0. The molecule has 0 amide bonds. The number of aryl methyl sites for hydroxylation is 1. The molecular weight excluding hydrogens is 158 g/mol. The van der Waals surface area contributed by atoms with E-state index in [0.717, 1.165) is 11.3 Å². The van der Waals surface area contributed by atoms with Crippen molar-refractivity contribution in [1.29, 1.82) is 0 Å². The normalized spacial score (nSPS) is 10.4. The van der Waals surface area contributed by atoms with Crippen LogP contribution in [0.4, 0.5) is 6.01 Å². The fourth-order valence-electron chi connectivity index (χ4n) is 0.910. The van der Waals surface area contributed by atoms with E-state index in [2.05, 4.69) is 20.4 Å². The molecule has 12 heavy (non-hydrogen) atoms. The number of rotatable bonds is 1. The van der Waals surface area contributed by atoms with Crippen LogP contribution < -0.4 is 5.73 Å². The zero-order valence-electron chi connectivity index (χ0n) is 6.40. The van der Waals surface area contributed by atoms with Crippen LogP contribution in [0.25, 0.3) is 11.5 Å². The number of anilines is 1. The molecule has 0 radical (unpaired) electrons. The highest BCUT2D eigenvalue weighted by molar-refractivity contribution is 5.54. The van der Waals surface area contributed by atoms with Gasteiger partial charge in [-0.2, -0.15) is 5.10 Å². The Labute approximate surface area is 67.8 Å². The third kappa shape index (κ3) is 0.931. The fourth-order valence-corrected chi connectivity index (χ4v) is 0.910. The van der Waals surface area contributed by atoms with E-state index in [9.17, 15) is 0 Å². The number of nitrogen functional groups attached to an aromatic ring is 1. The fraction of sp³-hybridized carbons (Fsp3) is 0.167. The van der Waals surface area contributed by atoms with Gasteiger partial charge in [-0.3, -0.25) is 5.10 Å². The van der Waals surface area contributed by atoms with E-state index < -0.39 is 0 Å². The highest BCUT2D eigenvalue weighted by Gasteiger charge is 2.09. The number of hydrogen-bond donors (Lipinski definition) is 2.